The molecule has 0 aliphatic heterocycles. The van der Waals surface area contributed by atoms with Crippen molar-refractivity contribution in [2.45, 2.75) is 12.8 Å². The second-order valence-electron chi connectivity index (χ2n) is 3.33. The molecule has 0 aliphatic rings. The van der Waals surface area contributed by atoms with Crippen molar-refractivity contribution in [3.8, 4) is 0 Å². The molecule has 0 bridgehead atoms. The first-order chi connectivity index (χ1) is 7.20. The number of benzene rings is 1. The van der Waals surface area contributed by atoms with E-state index in [1.807, 2.05) is 5.32 Å². The number of halogens is 1. The van der Waals surface area contributed by atoms with Gasteiger partial charge in [-0.05, 0) is 11.6 Å². The minimum atomic E-state index is -1.04. The Kier molecular flexibility index (Phi) is 4.77. The van der Waals surface area contributed by atoms with E-state index in [-0.39, 0.29) is 12.2 Å². The van der Waals surface area contributed by atoms with Crippen molar-refractivity contribution in [3.63, 3.8) is 0 Å². The molecular weight excluding hydrogens is 197 g/mol. The summed E-state index contributed by atoms with van der Waals surface area (Å²) in [6.45, 7) is 1.17. The highest BCUT2D eigenvalue weighted by atomic mass is 19.1. The van der Waals surface area contributed by atoms with E-state index in [1.54, 1.807) is 18.2 Å². The minimum absolute atomic E-state index is 0.0390. The van der Waals surface area contributed by atoms with Crippen LogP contribution in [0.5, 0.6) is 0 Å². The van der Waals surface area contributed by atoms with Crippen LogP contribution in [0.4, 0.5) is 4.39 Å². The molecule has 0 heterocycles. The number of rotatable bonds is 6. The van der Waals surface area contributed by atoms with Crippen molar-refractivity contribution in [2.75, 3.05) is 13.1 Å². The maximum absolute atomic E-state index is 13.1. The Morgan fingerprint density at radius 3 is 2.73 bits per heavy atom. The molecule has 1 rings (SSSR count). The molecule has 1 aromatic carbocycles. The van der Waals surface area contributed by atoms with Crippen molar-refractivity contribution in [1.82, 2.24) is 0 Å². The summed E-state index contributed by atoms with van der Waals surface area (Å²) >= 11 is 0. The lowest BCUT2D eigenvalue weighted by molar-refractivity contribution is -0.653. The van der Waals surface area contributed by atoms with Gasteiger partial charge in [-0.2, -0.15) is 0 Å². The minimum Gasteiger partial charge on any atom is -0.550 e. The van der Waals surface area contributed by atoms with Crippen LogP contribution in [0.15, 0.2) is 24.3 Å². The van der Waals surface area contributed by atoms with Crippen LogP contribution in [0.1, 0.15) is 12.0 Å². The average molecular weight is 211 g/mol. The largest absolute Gasteiger partial charge is 0.550 e. The maximum atomic E-state index is 13.1. The van der Waals surface area contributed by atoms with Gasteiger partial charge in [-0.3, -0.25) is 0 Å². The van der Waals surface area contributed by atoms with Crippen LogP contribution in [0.25, 0.3) is 0 Å². The van der Waals surface area contributed by atoms with Gasteiger partial charge in [0.15, 0.2) is 0 Å². The van der Waals surface area contributed by atoms with Crippen LogP contribution in [-0.2, 0) is 11.2 Å². The SMILES string of the molecule is O=C([O-])CC[NH2+]CCc1ccccc1F. The Balaban J connectivity index is 2.21. The van der Waals surface area contributed by atoms with Crippen molar-refractivity contribution in [3.05, 3.63) is 35.6 Å². The highest BCUT2D eigenvalue weighted by molar-refractivity contribution is 5.64. The molecule has 0 unspecified atom stereocenters. The van der Waals surface area contributed by atoms with Crippen molar-refractivity contribution in [1.29, 1.82) is 0 Å². The molecule has 0 aliphatic carbocycles. The molecule has 1 aromatic rings. The topological polar surface area (TPSA) is 56.7 Å². The predicted molar refractivity (Wildman–Crippen MR) is 51.4 cm³/mol. The molecular formula is C11H14FNO2. The Bertz CT molecular complexity index is 328. The third-order valence-electron chi connectivity index (χ3n) is 2.13. The zero-order valence-corrected chi connectivity index (χ0v) is 8.41. The van der Waals surface area contributed by atoms with Gasteiger partial charge in [0, 0.05) is 18.8 Å². The molecule has 0 spiro atoms. The number of hydrogen-bond donors (Lipinski definition) is 1. The van der Waals surface area contributed by atoms with Crippen LogP contribution < -0.4 is 10.4 Å². The monoisotopic (exact) mass is 211 g/mol. The van der Waals surface area contributed by atoms with Gasteiger partial charge in [-0.15, -0.1) is 0 Å². The maximum Gasteiger partial charge on any atom is 0.126 e. The van der Waals surface area contributed by atoms with E-state index in [1.165, 1.54) is 6.07 Å². The summed E-state index contributed by atoms with van der Waals surface area (Å²) < 4.78 is 13.1. The van der Waals surface area contributed by atoms with Crippen molar-refractivity contribution >= 4 is 5.97 Å². The summed E-state index contributed by atoms with van der Waals surface area (Å²) in [5, 5.41) is 11.9. The molecule has 0 amide bonds. The summed E-state index contributed by atoms with van der Waals surface area (Å²) in [5.41, 5.74) is 0.669. The standard InChI is InChI=1S/C11H14FNO2/c12-10-4-2-1-3-9(10)5-7-13-8-6-11(14)15/h1-4,13H,5-8H2,(H,14,15). The van der Waals surface area contributed by atoms with E-state index in [4.69, 9.17) is 0 Å². The third-order valence-corrected chi connectivity index (χ3v) is 2.13. The lowest BCUT2D eigenvalue weighted by atomic mass is 10.1. The van der Waals surface area contributed by atoms with Gasteiger partial charge in [0.25, 0.3) is 0 Å². The fourth-order valence-electron chi connectivity index (χ4n) is 1.32. The number of aliphatic carboxylic acids is 1. The Labute approximate surface area is 87.9 Å². The van der Waals surface area contributed by atoms with Crippen LogP contribution >= 0.6 is 0 Å². The number of nitrogens with two attached hydrogens (primary N) is 1. The summed E-state index contributed by atoms with van der Waals surface area (Å²) in [7, 11) is 0. The summed E-state index contributed by atoms with van der Waals surface area (Å²) in [4.78, 5) is 10.1. The van der Waals surface area contributed by atoms with Gasteiger partial charge < -0.3 is 15.2 Å². The van der Waals surface area contributed by atoms with Crippen molar-refractivity contribution in [2.24, 2.45) is 0 Å². The van der Waals surface area contributed by atoms with Gasteiger partial charge in [0.05, 0.1) is 13.1 Å². The average Bonchev–Trinajstić information content (AvgIpc) is 2.20. The number of carbonyl (C=O) groups excluding carboxylic acids is 1. The van der Waals surface area contributed by atoms with E-state index in [0.29, 0.717) is 25.1 Å². The Morgan fingerprint density at radius 1 is 1.33 bits per heavy atom. The first-order valence-electron chi connectivity index (χ1n) is 4.95. The quantitative estimate of drug-likeness (QED) is 0.618. The molecule has 2 N–H and O–H groups in total. The first kappa shape index (κ1) is 11.7. The second-order valence-corrected chi connectivity index (χ2v) is 3.33. The van der Waals surface area contributed by atoms with Gasteiger partial charge in [0.2, 0.25) is 0 Å². The van der Waals surface area contributed by atoms with Gasteiger partial charge >= 0.3 is 0 Å². The highest BCUT2D eigenvalue weighted by Gasteiger charge is 2.00. The fourth-order valence-corrected chi connectivity index (χ4v) is 1.32. The van der Waals surface area contributed by atoms with Crippen molar-refractivity contribution < 1.29 is 19.6 Å². The normalized spacial score (nSPS) is 10.2. The number of hydrogen-bond acceptors (Lipinski definition) is 2. The van der Waals surface area contributed by atoms with Gasteiger partial charge in [-0.1, -0.05) is 18.2 Å². The predicted octanol–water partition coefficient (Wildman–Crippen LogP) is -0.928. The summed E-state index contributed by atoms with van der Waals surface area (Å²) in [5.74, 6) is -1.25. The molecule has 0 radical (unpaired) electrons. The lowest BCUT2D eigenvalue weighted by Crippen LogP contribution is -2.85. The zero-order valence-electron chi connectivity index (χ0n) is 8.41. The van der Waals surface area contributed by atoms with E-state index in [0.717, 1.165) is 0 Å². The molecule has 0 aromatic heterocycles. The molecule has 0 saturated heterocycles. The van der Waals surface area contributed by atoms with Crippen LogP contribution in [0.3, 0.4) is 0 Å². The lowest BCUT2D eigenvalue weighted by Gasteiger charge is -2.03. The van der Waals surface area contributed by atoms with E-state index in [9.17, 15) is 14.3 Å². The Hall–Kier alpha value is -1.42. The number of carboxylic acid groups (broad SMARTS) is 1. The number of quaternary nitrogens is 1. The van der Waals surface area contributed by atoms with Crippen LogP contribution in [-0.4, -0.2) is 19.1 Å². The molecule has 15 heavy (non-hydrogen) atoms. The molecule has 0 atom stereocenters. The second kappa shape index (κ2) is 6.14. The highest BCUT2D eigenvalue weighted by Crippen LogP contribution is 2.05. The van der Waals surface area contributed by atoms with E-state index >= 15 is 0 Å². The summed E-state index contributed by atoms with van der Waals surface area (Å²) in [6, 6.07) is 6.61. The molecule has 4 heteroatoms. The van der Waals surface area contributed by atoms with Crippen LogP contribution in [0.2, 0.25) is 0 Å². The summed E-state index contributed by atoms with van der Waals surface area (Å²) in [6.07, 6.45) is 0.650. The third kappa shape index (κ3) is 4.56. The smallest absolute Gasteiger partial charge is 0.126 e. The first-order valence-corrected chi connectivity index (χ1v) is 4.95. The Morgan fingerprint density at radius 2 is 2.07 bits per heavy atom. The molecule has 82 valence electrons. The van der Waals surface area contributed by atoms with Crippen LogP contribution in [0, 0.1) is 5.82 Å². The van der Waals surface area contributed by atoms with Gasteiger partial charge in [0.1, 0.15) is 5.82 Å². The zero-order chi connectivity index (χ0) is 11.1. The van der Waals surface area contributed by atoms with E-state index in [2.05, 4.69) is 0 Å². The fraction of sp³-hybridized carbons (Fsp3) is 0.364. The molecule has 3 nitrogen and oxygen atoms in total. The number of carbonyl (C=O) groups is 1. The number of carboxylic acids is 1. The van der Waals surface area contributed by atoms with Gasteiger partial charge in [-0.25, -0.2) is 4.39 Å². The van der Waals surface area contributed by atoms with E-state index < -0.39 is 5.97 Å². The molecule has 0 fully saturated rings. The molecule has 0 saturated carbocycles.